The lowest BCUT2D eigenvalue weighted by atomic mass is 9.83. The molecule has 0 radical (unpaired) electrons. The molecule has 116 valence electrons. The molecule has 0 saturated heterocycles. The molecule has 21 heavy (non-hydrogen) atoms. The number of aliphatic hydroxyl groups is 1. The van der Waals surface area contributed by atoms with Crippen molar-refractivity contribution in [1.29, 1.82) is 0 Å². The average molecular weight is 293 g/mol. The van der Waals surface area contributed by atoms with E-state index in [9.17, 15) is 9.90 Å². The van der Waals surface area contributed by atoms with Crippen LogP contribution in [0.3, 0.4) is 0 Å². The Balaban J connectivity index is 1.69. The van der Waals surface area contributed by atoms with Gasteiger partial charge >= 0.3 is 5.97 Å². The lowest BCUT2D eigenvalue weighted by Crippen LogP contribution is -2.24. The van der Waals surface area contributed by atoms with Gasteiger partial charge in [-0.3, -0.25) is 0 Å². The van der Waals surface area contributed by atoms with E-state index in [4.69, 9.17) is 0 Å². The number of anilines is 1. The maximum atomic E-state index is 11.2. The van der Waals surface area contributed by atoms with E-state index in [2.05, 4.69) is 20.3 Å². The van der Waals surface area contributed by atoms with Gasteiger partial charge in [-0.2, -0.15) is 0 Å². The summed E-state index contributed by atoms with van der Waals surface area (Å²) in [5.41, 5.74) is 0.202. The molecule has 2 rings (SSSR count). The van der Waals surface area contributed by atoms with Crippen molar-refractivity contribution in [1.82, 2.24) is 10.2 Å². The number of aliphatic hydroxyl groups excluding tert-OH is 1. The van der Waals surface area contributed by atoms with Gasteiger partial charge in [0.2, 0.25) is 0 Å². The molecule has 2 atom stereocenters. The van der Waals surface area contributed by atoms with Crippen LogP contribution in [0.1, 0.15) is 49.0 Å². The van der Waals surface area contributed by atoms with Crippen LogP contribution in [0.5, 0.6) is 0 Å². The lowest BCUT2D eigenvalue weighted by molar-refractivity contribution is 0.0592. The molecule has 0 aromatic carbocycles. The molecule has 1 saturated carbocycles. The Morgan fingerprint density at radius 3 is 2.86 bits per heavy atom. The van der Waals surface area contributed by atoms with E-state index in [0.29, 0.717) is 11.7 Å². The summed E-state index contributed by atoms with van der Waals surface area (Å²) >= 11 is 0. The molecular formula is C15H23N3O3. The average Bonchev–Trinajstić information content (AvgIpc) is 2.53. The highest BCUT2D eigenvalue weighted by Crippen LogP contribution is 2.27. The van der Waals surface area contributed by atoms with Crippen LogP contribution in [0, 0.1) is 5.92 Å². The van der Waals surface area contributed by atoms with Crippen molar-refractivity contribution in [3.05, 3.63) is 17.8 Å². The summed E-state index contributed by atoms with van der Waals surface area (Å²) in [6, 6.07) is 3.31. The minimum atomic E-state index is -0.486. The standard InChI is InChI=1S/C15H23N3O3/c1-21-15(20)12-8-9-14(18-17-12)16-10-4-6-11-5-2-3-7-13(11)19/h8-9,11,13,19H,2-7,10H2,1H3,(H,16,18). The van der Waals surface area contributed by atoms with Crippen LogP contribution in [-0.2, 0) is 4.74 Å². The molecule has 6 nitrogen and oxygen atoms in total. The Hall–Kier alpha value is -1.69. The van der Waals surface area contributed by atoms with Crippen LogP contribution in [0.15, 0.2) is 12.1 Å². The van der Waals surface area contributed by atoms with Crippen molar-refractivity contribution in [2.45, 2.75) is 44.6 Å². The predicted octanol–water partition coefficient (Wildman–Crippen LogP) is 2.01. The number of nitrogens with zero attached hydrogens (tertiary/aromatic N) is 2. The fourth-order valence-corrected chi connectivity index (χ4v) is 2.75. The third-order valence-electron chi connectivity index (χ3n) is 3.99. The summed E-state index contributed by atoms with van der Waals surface area (Å²) in [4.78, 5) is 11.2. The summed E-state index contributed by atoms with van der Waals surface area (Å²) in [5.74, 6) is 0.598. The molecule has 0 bridgehead atoms. The fourth-order valence-electron chi connectivity index (χ4n) is 2.75. The number of rotatable bonds is 6. The number of esters is 1. The van der Waals surface area contributed by atoms with E-state index >= 15 is 0 Å². The number of nitrogens with one attached hydrogen (secondary N) is 1. The molecule has 1 aromatic heterocycles. The highest BCUT2D eigenvalue weighted by Gasteiger charge is 2.22. The highest BCUT2D eigenvalue weighted by molar-refractivity contribution is 5.86. The van der Waals surface area contributed by atoms with Crippen LogP contribution < -0.4 is 5.32 Å². The van der Waals surface area contributed by atoms with Crippen molar-refractivity contribution in [3.8, 4) is 0 Å². The first-order valence-electron chi connectivity index (χ1n) is 7.54. The number of hydrogen-bond donors (Lipinski definition) is 2. The number of ether oxygens (including phenoxy) is 1. The highest BCUT2D eigenvalue weighted by atomic mass is 16.5. The molecular weight excluding hydrogens is 270 g/mol. The van der Waals surface area contributed by atoms with Gasteiger partial charge in [-0.15, -0.1) is 10.2 Å². The monoisotopic (exact) mass is 293 g/mol. The number of methoxy groups -OCH3 is 1. The zero-order chi connectivity index (χ0) is 15.1. The van der Waals surface area contributed by atoms with Crippen molar-refractivity contribution >= 4 is 11.8 Å². The zero-order valence-electron chi connectivity index (χ0n) is 12.4. The van der Waals surface area contributed by atoms with Gasteiger partial charge in [-0.05, 0) is 43.7 Å². The summed E-state index contributed by atoms with van der Waals surface area (Å²) in [5, 5.41) is 20.8. The predicted molar refractivity (Wildman–Crippen MR) is 79.1 cm³/mol. The van der Waals surface area contributed by atoms with Gasteiger partial charge < -0.3 is 15.2 Å². The van der Waals surface area contributed by atoms with Gasteiger partial charge in [0, 0.05) is 6.54 Å². The molecule has 1 aromatic rings. The Morgan fingerprint density at radius 1 is 1.38 bits per heavy atom. The first kappa shape index (κ1) is 15.7. The number of hydrogen-bond acceptors (Lipinski definition) is 6. The van der Waals surface area contributed by atoms with Crippen LogP contribution in [0.2, 0.25) is 0 Å². The van der Waals surface area contributed by atoms with E-state index < -0.39 is 5.97 Å². The van der Waals surface area contributed by atoms with Gasteiger partial charge in [-0.1, -0.05) is 12.8 Å². The molecule has 1 heterocycles. The minimum Gasteiger partial charge on any atom is -0.464 e. The van der Waals surface area contributed by atoms with Crippen LogP contribution in [-0.4, -0.2) is 41.0 Å². The normalized spacial score (nSPS) is 21.8. The lowest BCUT2D eigenvalue weighted by Gasteiger charge is -2.27. The number of carbonyl (C=O) groups is 1. The smallest absolute Gasteiger partial charge is 0.358 e. The van der Waals surface area contributed by atoms with Gasteiger partial charge in [0.15, 0.2) is 5.69 Å². The number of aromatic nitrogens is 2. The maximum absolute atomic E-state index is 11.2. The SMILES string of the molecule is COC(=O)c1ccc(NCCCC2CCCCC2O)nn1. The van der Waals surface area contributed by atoms with Gasteiger partial charge in [-0.25, -0.2) is 4.79 Å². The van der Waals surface area contributed by atoms with E-state index in [1.807, 2.05) is 0 Å². The molecule has 0 amide bonds. The quantitative estimate of drug-likeness (QED) is 0.616. The Kier molecular flexibility index (Phi) is 5.92. The second-order valence-corrected chi connectivity index (χ2v) is 5.48. The van der Waals surface area contributed by atoms with Crippen LogP contribution in [0.4, 0.5) is 5.82 Å². The van der Waals surface area contributed by atoms with Gasteiger partial charge in [0.25, 0.3) is 0 Å². The molecule has 1 aliphatic rings. The molecule has 1 aliphatic carbocycles. The van der Waals surface area contributed by atoms with E-state index in [1.165, 1.54) is 13.5 Å². The van der Waals surface area contributed by atoms with E-state index in [-0.39, 0.29) is 11.8 Å². The minimum absolute atomic E-state index is 0.127. The second-order valence-electron chi connectivity index (χ2n) is 5.48. The molecule has 0 aliphatic heterocycles. The summed E-state index contributed by atoms with van der Waals surface area (Å²) in [6.45, 7) is 0.787. The van der Waals surface area contributed by atoms with Crippen molar-refractivity contribution in [2.75, 3.05) is 19.0 Å². The second kappa shape index (κ2) is 7.93. The molecule has 1 fully saturated rings. The fraction of sp³-hybridized carbons (Fsp3) is 0.667. The van der Waals surface area contributed by atoms with Gasteiger partial charge in [0.1, 0.15) is 5.82 Å². The van der Waals surface area contributed by atoms with E-state index in [0.717, 1.165) is 38.6 Å². The van der Waals surface area contributed by atoms with Gasteiger partial charge in [0.05, 0.1) is 13.2 Å². The first-order chi connectivity index (χ1) is 10.2. The number of carbonyl (C=O) groups excluding carboxylic acids is 1. The van der Waals surface area contributed by atoms with Crippen molar-refractivity contribution in [2.24, 2.45) is 5.92 Å². The summed E-state index contributed by atoms with van der Waals surface area (Å²) in [6.07, 6.45) is 6.35. The molecule has 6 heteroatoms. The molecule has 2 unspecified atom stereocenters. The Bertz CT molecular complexity index is 450. The summed E-state index contributed by atoms with van der Waals surface area (Å²) in [7, 11) is 1.32. The van der Waals surface area contributed by atoms with Crippen molar-refractivity contribution in [3.63, 3.8) is 0 Å². The summed E-state index contributed by atoms with van der Waals surface area (Å²) < 4.78 is 4.57. The van der Waals surface area contributed by atoms with Crippen molar-refractivity contribution < 1.29 is 14.6 Å². The topological polar surface area (TPSA) is 84.3 Å². The third kappa shape index (κ3) is 4.67. The molecule has 0 spiro atoms. The van der Waals surface area contributed by atoms with Crippen LogP contribution >= 0.6 is 0 Å². The van der Waals surface area contributed by atoms with Crippen LogP contribution in [0.25, 0.3) is 0 Å². The Labute approximate surface area is 124 Å². The van der Waals surface area contributed by atoms with E-state index in [1.54, 1.807) is 12.1 Å². The molecule has 2 N–H and O–H groups in total. The largest absolute Gasteiger partial charge is 0.464 e. The first-order valence-corrected chi connectivity index (χ1v) is 7.54. The maximum Gasteiger partial charge on any atom is 0.358 e. The zero-order valence-corrected chi connectivity index (χ0v) is 12.4. The Morgan fingerprint density at radius 2 is 2.19 bits per heavy atom. The third-order valence-corrected chi connectivity index (χ3v) is 3.99.